The normalized spacial score (nSPS) is 27.3. The lowest BCUT2D eigenvalue weighted by molar-refractivity contribution is 0.0973. The first kappa shape index (κ1) is 13.9. The minimum atomic E-state index is 0.479. The number of hydrogen-bond acceptors (Lipinski definition) is 5. The Labute approximate surface area is 130 Å². The summed E-state index contributed by atoms with van der Waals surface area (Å²) in [6.45, 7) is 8.26. The summed E-state index contributed by atoms with van der Waals surface area (Å²) in [5.74, 6) is 2.43. The van der Waals surface area contributed by atoms with Gasteiger partial charge in [-0.25, -0.2) is 0 Å². The van der Waals surface area contributed by atoms with Gasteiger partial charge in [0, 0.05) is 12.6 Å². The van der Waals surface area contributed by atoms with Crippen molar-refractivity contribution < 1.29 is 9.26 Å². The van der Waals surface area contributed by atoms with Crippen molar-refractivity contribution in [2.75, 3.05) is 31.6 Å². The second-order valence-electron chi connectivity index (χ2n) is 6.44. The highest BCUT2D eigenvalue weighted by molar-refractivity contribution is 5.93. The van der Waals surface area contributed by atoms with Crippen LogP contribution < -0.4 is 10.1 Å². The third kappa shape index (κ3) is 2.24. The zero-order valence-corrected chi connectivity index (χ0v) is 13.3. The van der Waals surface area contributed by atoms with Crippen molar-refractivity contribution in [3.8, 4) is 5.75 Å². The molecule has 1 N–H and O–H groups in total. The number of nitrogens with zero attached hydrogens (tertiary/aromatic N) is 2. The lowest BCUT2D eigenvalue weighted by atomic mass is 9.84. The van der Waals surface area contributed by atoms with Gasteiger partial charge in [0.05, 0.1) is 12.0 Å². The molecule has 3 aliphatic heterocycles. The predicted octanol–water partition coefficient (Wildman–Crippen LogP) is 3.04. The quantitative estimate of drug-likeness (QED) is 0.940. The summed E-state index contributed by atoms with van der Waals surface area (Å²) < 4.78 is 11.3. The molecule has 22 heavy (non-hydrogen) atoms. The fourth-order valence-electron chi connectivity index (χ4n) is 3.81. The first-order valence-electron chi connectivity index (χ1n) is 8.27. The molecule has 3 aliphatic rings. The highest BCUT2D eigenvalue weighted by Gasteiger charge is 2.34. The Bertz CT molecular complexity index is 674. The van der Waals surface area contributed by atoms with Crippen LogP contribution in [0.25, 0.3) is 11.0 Å². The van der Waals surface area contributed by atoms with Crippen LogP contribution in [0.5, 0.6) is 5.75 Å². The van der Waals surface area contributed by atoms with Gasteiger partial charge in [-0.1, -0.05) is 11.2 Å². The molecular formula is C17H23N3O2. The molecule has 4 heterocycles. The van der Waals surface area contributed by atoms with Crippen LogP contribution in [0.15, 0.2) is 16.7 Å². The zero-order chi connectivity index (χ0) is 15.1. The van der Waals surface area contributed by atoms with Crippen LogP contribution in [0.1, 0.15) is 25.3 Å². The van der Waals surface area contributed by atoms with Crippen LogP contribution in [0, 0.1) is 12.8 Å². The molecule has 0 radical (unpaired) electrons. The number of hydrogen-bond donors (Lipinski definition) is 1. The van der Waals surface area contributed by atoms with Gasteiger partial charge in [-0.15, -0.1) is 0 Å². The van der Waals surface area contributed by atoms with E-state index in [1.807, 2.05) is 13.8 Å². The van der Waals surface area contributed by atoms with Gasteiger partial charge in [0.1, 0.15) is 0 Å². The number of aryl methyl sites for hydroxylation is 1. The van der Waals surface area contributed by atoms with Crippen LogP contribution >= 0.6 is 0 Å². The number of nitrogens with one attached hydrogen (secondary N) is 1. The molecule has 0 spiro atoms. The predicted molar refractivity (Wildman–Crippen MR) is 86.5 cm³/mol. The molecule has 0 aliphatic carbocycles. The van der Waals surface area contributed by atoms with Gasteiger partial charge >= 0.3 is 0 Å². The number of fused-ring (bicyclic) bond motifs is 4. The van der Waals surface area contributed by atoms with Crippen LogP contribution in [0.2, 0.25) is 0 Å². The number of aromatic nitrogens is 1. The van der Waals surface area contributed by atoms with Crippen molar-refractivity contribution in [2.24, 2.45) is 5.92 Å². The van der Waals surface area contributed by atoms with Gasteiger partial charge in [-0.3, -0.25) is 0 Å². The highest BCUT2D eigenvalue weighted by atomic mass is 16.5. The molecule has 2 aromatic rings. The minimum absolute atomic E-state index is 0.479. The molecule has 2 bridgehead atoms. The number of anilines is 1. The Morgan fingerprint density at radius 1 is 1.36 bits per heavy atom. The monoisotopic (exact) mass is 301 g/mol. The van der Waals surface area contributed by atoms with E-state index in [9.17, 15) is 0 Å². The van der Waals surface area contributed by atoms with Gasteiger partial charge < -0.3 is 19.5 Å². The van der Waals surface area contributed by atoms with Crippen LogP contribution in [-0.2, 0) is 0 Å². The Kier molecular flexibility index (Phi) is 3.45. The molecule has 3 fully saturated rings. The van der Waals surface area contributed by atoms with E-state index in [1.54, 1.807) is 0 Å². The van der Waals surface area contributed by atoms with Gasteiger partial charge in [-0.05, 0) is 57.3 Å². The standard InChI is InChI=1S/C17H23N3O2/c1-3-21-15-11(2)4-5-13-16(15)22-19-17(13)18-14-10-20-8-6-12(14)7-9-20/h4-5,12,14H,3,6-10H2,1-2H3,(H,18,19)/t14-/m0/s1. The minimum Gasteiger partial charge on any atom is -0.490 e. The van der Waals surface area contributed by atoms with Crippen molar-refractivity contribution in [2.45, 2.75) is 32.7 Å². The summed E-state index contributed by atoms with van der Waals surface area (Å²) in [6.07, 6.45) is 2.58. The number of benzene rings is 1. The number of rotatable bonds is 4. The van der Waals surface area contributed by atoms with Crippen molar-refractivity contribution in [1.29, 1.82) is 0 Å². The lowest BCUT2D eigenvalue weighted by Crippen LogP contribution is -2.53. The molecular weight excluding hydrogens is 278 g/mol. The Balaban J connectivity index is 1.64. The van der Waals surface area contributed by atoms with Crippen LogP contribution in [-0.4, -0.2) is 42.3 Å². The highest BCUT2D eigenvalue weighted by Crippen LogP contribution is 2.36. The summed E-state index contributed by atoms with van der Waals surface area (Å²) in [5.41, 5.74) is 1.84. The van der Waals surface area contributed by atoms with E-state index in [4.69, 9.17) is 9.26 Å². The summed E-state index contributed by atoms with van der Waals surface area (Å²) in [6, 6.07) is 4.63. The fourth-order valence-corrected chi connectivity index (χ4v) is 3.81. The molecule has 1 atom stereocenters. The van der Waals surface area contributed by atoms with E-state index in [0.717, 1.165) is 40.6 Å². The summed E-state index contributed by atoms with van der Waals surface area (Å²) >= 11 is 0. The third-order valence-corrected chi connectivity index (χ3v) is 5.06. The van der Waals surface area contributed by atoms with E-state index in [1.165, 1.54) is 25.9 Å². The summed E-state index contributed by atoms with van der Waals surface area (Å²) in [5, 5.41) is 8.91. The second-order valence-corrected chi connectivity index (χ2v) is 6.44. The number of piperidine rings is 3. The Morgan fingerprint density at radius 3 is 2.86 bits per heavy atom. The van der Waals surface area contributed by atoms with Gasteiger partial charge in [0.2, 0.25) is 5.58 Å². The summed E-state index contributed by atoms with van der Waals surface area (Å²) in [7, 11) is 0. The molecule has 0 unspecified atom stereocenters. The maximum Gasteiger partial charge on any atom is 0.211 e. The lowest BCUT2D eigenvalue weighted by Gasteiger charge is -2.44. The maximum absolute atomic E-state index is 5.73. The zero-order valence-electron chi connectivity index (χ0n) is 13.3. The largest absolute Gasteiger partial charge is 0.490 e. The molecule has 0 saturated carbocycles. The van der Waals surface area contributed by atoms with E-state index in [0.29, 0.717) is 12.6 Å². The van der Waals surface area contributed by atoms with Crippen molar-refractivity contribution in [3.63, 3.8) is 0 Å². The molecule has 5 nitrogen and oxygen atoms in total. The molecule has 1 aromatic carbocycles. The smallest absolute Gasteiger partial charge is 0.211 e. The molecule has 0 amide bonds. The van der Waals surface area contributed by atoms with Crippen molar-refractivity contribution >= 4 is 16.8 Å². The molecule has 5 rings (SSSR count). The van der Waals surface area contributed by atoms with E-state index < -0.39 is 0 Å². The van der Waals surface area contributed by atoms with Gasteiger partial charge in [-0.2, -0.15) is 0 Å². The third-order valence-electron chi connectivity index (χ3n) is 5.06. The Hall–Kier alpha value is -1.75. The fraction of sp³-hybridized carbons (Fsp3) is 0.588. The first-order valence-corrected chi connectivity index (χ1v) is 8.27. The Morgan fingerprint density at radius 2 is 2.18 bits per heavy atom. The number of ether oxygens (including phenoxy) is 1. The van der Waals surface area contributed by atoms with Crippen molar-refractivity contribution in [1.82, 2.24) is 10.1 Å². The molecule has 1 aromatic heterocycles. The van der Waals surface area contributed by atoms with E-state index >= 15 is 0 Å². The average Bonchev–Trinajstić information content (AvgIpc) is 2.95. The molecule has 118 valence electrons. The summed E-state index contributed by atoms with van der Waals surface area (Å²) in [4.78, 5) is 2.54. The van der Waals surface area contributed by atoms with Crippen molar-refractivity contribution in [3.05, 3.63) is 17.7 Å². The first-order chi connectivity index (χ1) is 10.8. The molecule has 3 saturated heterocycles. The van der Waals surface area contributed by atoms with Crippen LogP contribution in [0.3, 0.4) is 0 Å². The van der Waals surface area contributed by atoms with E-state index in [2.05, 4.69) is 27.5 Å². The topological polar surface area (TPSA) is 50.5 Å². The SMILES string of the molecule is CCOc1c(C)ccc2c(N[C@H]3CN4CCC3CC4)noc12. The maximum atomic E-state index is 5.73. The van der Waals surface area contributed by atoms with E-state index in [-0.39, 0.29) is 0 Å². The average molecular weight is 301 g/mol. The van der Waals surface area contributed by atoms with Gasteiger partial charge in [0.25, 0.3) is 0 Å². The molecule has 5 heteroatoms. The van der Waals surface area contributed by atoms with Crippen LogP contribution in [0.4, 0.5) is 5.82 Å². The second kappa shape index (κ2) is 5.47. The van der Waals surface area contributed by atoms with Gasteiger partial charge in [0.15, 0.2) is 11.6 Å².